The summed E-state index contributed by atoms with van der Waals surface area (Å²) in [7, 11) is -2.16. The number of carboxylic acids is 1. The minimum Gasteiger partial charge on any atom is -0.481 e. The molecule has 0 bridgehead atoms. The molecule has 1 N–H and O–H groups in total. The van der Waals surface area contributed by atoms with E-state index >= 15 is 0 Å². The number of benzene rings is 1. The van der Waals surface area contributed by atoms with E-state index in [1.807, 2.05) is 0 Å². The van der Waals surface area contributed by atoms with E-state index in [1.165, 1.54) is 7.11 Å². The molecule has 0 unspecified atom stereocenters. The topological polar surface area (TPSA) is 80.7 Å². The predicted octanol–water partition coefficient (Wildman–Crippen LogP) is 1.57. The van der Waals surface area contributed by atoms with Crippen LogP contribution in [0, 0.1) is 5.41 Å². The van der Waals surface area contributed by atoms with Crippen LogP contribution in [0.2, 0.25) is 5.02 Å². The van der Waals surface area contributed by atoms with Gasteiger partial charge in [-0.1, -0.05) is 23.7 Å². The number of carboxylic acid groups (broad SMARTS) is 1. The first kappa shape index (κ1) is 15.3. The number of hydrogen-bond donors (Lipinski definition) is 1. The Bertz CT molecular complexity index is 642. The molecular weight excluding hydrogens is 304 g/mol. The summed E-state index contributed by atoms with van der Waals surface area (Å²) in [5.74, 6) is -1.81. The monoisotopic (exact) mass is 318 g/mol. The lowest BCUT2D eigenvalue weighted by Gasteiger charge is -2.11. The van der Waals surface area contributed by atoms with Gasteiger partial charge in [-0.05, 0) is 17.7 Å². The van der Waals surface area contributed by atoms with Gasteiger partial charge in [0.2, 0.25) is 0 Å². The number of ether oxygens (including phenoxy) is 1. The Morgan fingerprint density at radius 1 is 1.50 bits per heavy atom. The Morgan fingerprint density at radius 3 is 2.60 bits per heavy atom. The number of carbonyl (C=O) groups is 1. The van der Waals surface area contributed by atoms with Gasteiger partial charge in [0.1, 0.15) is 5.41 Å². The van der Waals surface area contributed by atoms with E-state index < -0.39 is 32.4 Å². The fraction of sp³-hybridized carbons (Fsp3) is 0.462. The van der Waals surface area contributed by atoms with E-state index in [1.54, 1.807) is 24.3 Å². The average Bonchev–Trinajstić information content (AvgIpc) is 3.00. The van der Waals surface area contributed by atoms with Gasteiger partial charge < -0.3 is 9.84 Å². The maximum atomic E-state index is 11.9. The predicted molar refractivity (Wildman–Crippen MR) is 74.8 cm³/mol. The molecule has 2 rings (SSSR count). The fourth-order valence-corrected chi connectivity index (χ4v) is 5.03. The second-order valence-corrected chi connectivity index (χ2v) is 7.66. The van der Waals surface area contributed by atoms with Gasteiger partial charge in [0.25, 0.3) is 0 Å². The number of hydrogen-bond acceptors (Lipinski definition) is 4. The Kier molecular flexibility index (Phi) is 3.83. The standard InChI is InChI=1S/C13H15ClO5S/c1-19-7-13(12(15)16)10(11(13)20(2,17)18)8-4-3-5-9(14)6-8/h3-6,10-11H,7H2,1-2H3,(H,15,16)/t10-,11-,13+/m1/s1. The molecule has 0 heterocycles. The van der Waals surface area contributed by atoms with Crippen molar-refractivity contribution in [3.05, 3.63) is 34.9 Å². The highest BCUT2D eigenvalue weighted by Crippen LogP contribution is 2.63. The van der Waals surface area contributed by atoms with Gasteiger partial charge >= 0.3 is 5.97 Å². The summed E-state index contributed by atoms with van der Waals surface area (Å²) in [5, 5.41) is 8.94. The second kappa shape index (κ2) is 5.02. The molecule has 3 atom stereocenters. The van der Waals surface area contributed by atoms with Crippen LogP contribution in [-0.2, 0) is 19.4 Å². The molecule has 0 saturated heterocycles. The number of aliphatic carboxylic acids is 1. The zero-order valence-electron chi connectivity index (χ0n) is 11.0. The van der Waals surface area contributed by atoms with Crippen molar-refractivity contribution in [2.45, 2.75) is 11.2 Å². The lowest BCUT2D eigenvalue weighted by Crippen LogP contribution is -2.28. The highest BCUT2D eigenvalue weighted by atomic mass is 35.5. The van der Waals surface area contributed by atoms with Gasteiger partial charge in [0.05, 0.1) is 11.9 Å². The molecule has 5 nitrogen and oxygen atoms in total. The molecular formula is C13H15ClO5S. The largest absolute Gasteiger partial charge is 0.481 e. The van der Waals surface area contributed by atoms with Crippen LogP contribution in [0.4, 0.5) is 0 Å². The second-order valence-electron chi connectivity index (χ2n) is 5.06. The first-order valence-electron chi connectivity index (χ1n) is 5.92. The van der Waals surface area contributed by atoms with Crippen LogP contribution in [-0.4, -0.2) is 44.7 Å². The van der Waals surface area contributed by atoms with Gasteiger partial charge in [-0.15, -0.1) is 0 Å². The van der Waals surface area contributed by atoms with E-state index in [9.17, 15) is 18.3 Å². The molecule has 0 aromatic heterocycles. The van der Waals surface area contributed by atoms with Crippen molar-refractivity contribution in [3.63, 3.8) is 0 Å². The van der Waals surface area contributed by atoms with E-state index in [2.05, 4.69) is 0 Å². The summed E-state index contributed by atoms with van der Waals surface area (Å²) >= 11 is 5.90. The zero-order valence-corrected chi connectivity index (χ0v) is 12.6. The van der Waals surface area contributed by atoms with Gasteiger partial charge in [-0.2, -0.15) is 0 Å². The van der Waals surface area contributed by atoms with Crippen LogP contribution in [0.15, 0.2) is 24.3 Å². The van der Waals surface area contributed by atoms with Crippen LogP contribution in [0.3, 0.4) is 0 Å². The highest BCUT2D eigenvalue weighted by molar-refractivity contribution is 7.91. The summed E-state index contributed by atoms with van der Waals surface area (Å²) in [6.45, 7) is -0.156. The molecule has 1 fully saturated rings. The van der Waals surface area contributed by atoms with Crippen molar-refractivity contribution in [1.29, 1.82) is 0 Å². The summed E-state index contributed by atoms with van der Waals surface area (Å²) in [6.07, 6.45) is 1.05. The first-order chi connectivity index (χ1) is 9.25. The minimum atomic E-state index is -3.52. The molecule has 1 aliphatic rings. The molecule has 7 heteroatoms. The molecule has 1 aromatic rings. The maximum absolute atomic E-state index is 11.9. The smallest absolute Gasteiger partial charge is 0.314 e. The summed E-state index contributed by atoms with van der Waals surface area (Å²) in [4.78, 5) is 11.6. The van der Waals surface area contributed by atoms with E-state index in [4.69, 9.17) is 16.3 Å². The van der Waals surface area contributed by atoms with Crippen molar-refractivity contribution in [3.8, 4) is 0 Å². The highest BCUT2D eigenvalue weighted by Gasteiger charge is 2.75. The van der Waals surface area contributed by atoms with E-state index in [-0.39, 0.29) is 6.61 Å². The summed E-state index contributed by atoms with van der Waals surface area (Å²) < 4.78 is 28.8. The van der Waals surface area contributed by atoms with Crippen LogP contribution in [0.25, 0.3) is 0 Å². The number of sulfone groups is 1. The molecule has 1 aliphatic carbocycles. The molecule has 110 valence electrons. The Balaban J connectivity index is 2.53. The minimum absolute atomic E-state index is 0.156. The molecule has 1 saturated carbocycles. The van der Waals surface area contributed by atoms with Crippen LogP contribution in [0.1, 0.15) is 11.5 Å². The lowest BCUT2D eigenvalue weighted by molar-refractivity contribution is -0.145. The molecule has 0 spiro atoms. The maximum Gasteiger partial charge on any atom is 0.314 e. The molecule has 0 amide bonds. The van der Waals surface area contributed by atoms with Gasteiger partial charge in [-0.3, -0.25) is 4.79 Å². The van der Waals surface area contributed by atoms with Crippen molar-refractivity contribution in [2.75, 3.05) is 20.0 Å². The quantitative estimate of drug-likeness (QED) is 0.891. The molecule has 0 aliphatic heterocycles. The lowest BCUT2D eigenvalue weighted by atomic mass is 10.00. The van der Waals surface area contributed by atoms with Crippen LogP contribution >= 0.6 is 11.6 Å². The summed E-state index contributed by atoms with van der Waals surface area (Å²) in [5.41, 5.74) is -0.833. The normalized spacial score (nSPS) is 29.1. The Labute approximate surface area is 122 Å². The average molecular weight is 319 g/mol. The first-order valence-corrected chi connectivity index (χ1v) is 8.25. The molecule has 20 heavy (non-hydrogen) atoms. The van der Waals surface area contributed by atoms with Crippen molar-refractivity contribution in [2.24, 2.45) is 5.41 Å². The van der Waals surface area contributed by atoms with Gasteiger partial charge in [0, 0.05) is 24.3 Å². The van der Waals surface area contributed by atoms with Crippen molar-refractivity contribution < 1.29 is 23.1 Å². The Hall–Kier alpha value is -1.11. The summed E-state index contributed by atoms with van der Waals surface area (Å²) in [6, 6.07) is 6.62. The fourth-order valence-electron chi connectivity index (χ4n) is 2.93. The van der Waals surface area contributed by atoms with E-state index in [0.29, 0.717) is 10.6 Å². The third kappa shape index (κ3) is 2.32. The Morgan fingerprint density at radius 2 is 2.15 bits per heavy atom. The molecule has 1 aromatic carbocycles. The third-order valence-corrected chi connectivity index (χ3v) is 5.56. The molecule has 0 radical (unpaired) electrons. The number of methoxy groups -OCH3 is 1. The third-order valence-electron chi connectivity index (χ3n) is 3.71. The number of rotatable bonds is 5. The van der Waals surface area contributed by atoms with Gasteiger partial charge in [-0.25, -0.2) is 8.42 Å². The van der Waals surface area contributed by atoms with Crippen molar-refractivity contribution >= 4 is 27.4 Å². The zero-order chi connectivity index (χ0) is 15.1. The van der Waals surface area contributed by atoms with Crippen LogP contribution < -0.4 is 0 Å². The number of halogens is 1. The SMILES string of the molecule is COC[C@]1(C(=O)O)[C@H](c2cccc(Cl)c2)[C@H]1S(C)(=O)=O. The van der Waals surface area contributed by atoms with Gasteiger partial charge in [0.15, 0.2) is 9.84 Å². The van der Waals surface area contributed by atoms with Crippen molar-refractivity contribution in [1.82, 2.24) is 0 Å². The van der Waals surface area contributed by atoms with E-state index in [0.717, 1.165) is 6.26 Å². The van der Waals surface area contributed by atoms with Crippen LogP contribution in [0.5, 0.6) is 0 Å².